The van der Waals surface area contributed by atoms with Crippen LogP contribution < -0.4 is 4.74 Å². The van der Waals surface area contributed by atoms with E-state index in [1.165, 1.54) is 11.8 Å². The Hall–Kier alpha value is -3.03. The molecule has 1 saturated heterocycles. The van der Waals surface area contributed by atoms with E-state index in [9.17, 15) is 14.3 Å². The standard InChI is InChI=1S/C25H28FN3O3/c1-32-19-9-10-23-21(14-19)20(22(26)15-27-23)8-5-11-29-13-12-28(17-24(29)25(30)31)16-18-6-3-2-4-7-18/h2-4,6-7,9-10,14-15,24H,5,8,11-13,16-17H2,1H3,(H,30,31)/t24-/m1/s1. The van der Waals surface area contributed by atoms with Gasteiger partial charge >= 0.3 is 5.97 Å². The molecular formula is C25H28FN3O3. The number of carbonyl (C=O) groups is 1. The lowest BCUT2D eigenvalue weighted by Crippen LogP contribution is -2.56. The van der Waals surface area contributed by atoms with Gasteiger partial charge in [0.15, 0.2) is 0 Å². The average molecular weight is 438 g/mol. The summed E-state index contributed by atoms with van der Waals surface area (Å²) in [5.74, 6) is -0.493. The summed E-state index contributed by atoms with van der Waals surface area (Å²) in [6, 6.07) is 15.0. The van der Waals surface area contributed by atoms with Crippen molar-refractivity contribution in [3.63, 3.8) is 0 Å². The summed E-state index contributed by atoms with van der Waals surface area (Å²) in [6.07, 6.45) is 2.43. The highest BCUT2D eigenvalue weighted by Crippen LogP contribution is 2.26. The zero-order valence-electron chi connectivity index (χ0n) is 18.2. The molecule has 1 aromatic heterocycles. The molecule has 32 heavy (non-hydrogen) atoms. The number of carboxylic acids is 1. The molecule has 168 valence electrons. The van der Waals surface area contributed by atoms with Crippen LogP contribution in [0.25, 0.3) is 10.9 Å². The zero-order valence-corrected chi connectivity index (χ0v) is 18.2. The summed E-state index contributed by atoms with van der Waals surface area (Å²) in [5.41, 5.74) is 2.50. The van der Waals surface area contributed by atoms with Gasteiger partial charge in [-0.3, -0.25) is 19.6 Å². The predicted octanol–water partition coefficient (Wildman–Crippen LogP) is 3.59. The highest BCUT2D eigenvalue weighted by atomic mass is 19.1. The first-order valence-electron chi connectivity index (χ1n) is 10.9. The van der Waals surface area contributed by atoms with Crippen molar-refractivity contribution in [3.05, 3.63) is 71.7 Å². The van der Waals surface area contributed by atoms with Crippen LogP contribution in [0.3, 0.4) is 0 Å². The molecule has 0 bridgehead atoms. The molecule has 1 aliphatic rings. The van der Waals surface area contributed by atoms with Gasteiger partial charge < -0.3 is 9.84 Å². The van der Waals surface area contributed by atoms with E-state index >= 15 is 0 Å². The predicted molar refractivity (Wildman–Crippen MR) is 121 cm³/mol. The molecule has 2 heterocycles. The van der Waals surface area contributed by atoms with Gasteiger partial charge in [0.2, 0.25) is 0 Å². The number of nitrogens with zero attached hydrogens (tertiary/aromatic N) is 3. The fourth-order valence-corrected chi connectivity index (χ4v) is 4.41. The van der Waals surface area contributed by atoms with Crippen molar-refractivity contribution in [1.29, 1.82) is 0 Å². The van der Waals surface area contributed by atoms with Gasteiger partial charge in [-0.15, -0.1) is 0 Å². The SMILES string of the molecule is COc1ccc2ncc(F)c(CCCN3CCN(Cc4ccccc4)C[C@@H]3C(=O)O)c2c1. The Labute approximate surface area is 187 Å². The third kappa shape index (κ3) is 5.06. The third-order valence-corrected chi connectivity index (χ3v) is 6.12. The third-order valence-electron chi connectivity index (χ3n) is 6.12. The lowest BCUT2D eigenvalue weighted by atomic mass is 10.0. The first kappa shape index (κ1) is 22.2. The number of aromatic nitrogens is 1. The van der Waals surface area contributed by atoms with Crippen LogP contribution in [-0.4, -0.2) is 65.2 Å². The molecule has 0 amide bonds. The maximum atomic E-state index is 14.6. The summed E-state index contributed by atoms with van der Waals surface area (Å²) in [7, 11) is 1.58. The molecule has 0 saturated carbocycles. The van der Waals surface area contributed by atoms with E-state index in [0.29, 0.717) is 43.8 Å². The van der Waals surface area contributed by atoms with Crippen molar-refractivity contribution in [3.8, 4) is 5.75 Å². The Morgan fingerprint density at radius 2 is 2.03 bits per heavy atom. The number of hydrogen-bond donors (Lipinski definition) is 1. The van der Waals surface area contributed by atoms with E-state index in [0.717, 1.165) is 24.0 Å². The number of aliphatic carboxylic acids is 1. The smallest absolute Gasteiger partial charge is 0.322 e. The van der Waals surface area contributed by atoms with Crippen LogP contribution in [0.15, 0.2) is 54.7 Å². The highest BCUT2D eigenvalue weighted by Gasteiger charge is 2.31. The summed E-state index contributed by atoms with van der Waals surface area (Å²) < 4.78 is 19.8. The van der Waals surface area contributed by atoms with Crippen molar-refractivity contribution in [2.45, 2.75) is 25.4 Å². The van der Waals surface area contributed by atoms with Gasteiger partial charge in [0.05, 0.1) is 18.8 Å². The van der Waals surface area contributed by atoms with Crippen LogP contribution in [0.2, 0.25) is 0 Å². The molecule has 0 radical (unpaired) electrons. The Morgan fingerprint density at radius 3 is 2.78 bits per heavy atom. The van der Waals surface area contributed by atoms with Crippen LogP contribution in [0.5, 0.6) is 5.75 Å². The summed E-state index contributed by atoms with van der Waals surface area (Å²) in [5, 5.41) is 10.5. The van der Waals surface area contributed by atoms with Crippen LogP contribution in [0.4, 0.5) is 4.39 Å². The number of halogens is 1. The van der Waals surface area contributed by atoms with E-state index in [1.807, 2.05) is 41.3 Å². The van der Waals surface area contributed by atoms with Gasteiger partial charge in [0, 0.05) is 31.6 Å². The Balaban J connectivity index is 1.40. The molecule has 4 rings (SSSR count). The van der Waals surface area contributed by atoms with Crippen LogP contribution in [-0.2, 0) is 17.8 Å². The Kier molecular flexibility index (Phi) is 6.97. The first-order valence-corrected chi connectivity index (χ1v) is 10.9. The fourth-order valence-electron chi connectivity index (χ4n) is 4.41. The summed E-state index contributed by atoms with van der Waals surface area (Å²) >= 11 is 0. The number of hydrogen-bond acceptors (Lipinski definition) is 5. The van der Waals surface area contributed by atoms with Crippen LogP contribution in [0.1, 0.15) is 17.5 Å². The second-order valence-electron chi connectivity index (χ2n) is 8.18. The number of methoxy groups -OCH3 is 1. The molecule has 0 aliphatic carbocycles. The van der Waals surface area contributed by atoms with E-state index in [2.05, 4.69) is 22.0 Å². The largest absolute Gasteiger partial charge is 0.497 e. The number of piperazine rings is 1. The van der Waals surface area contributed by atoms with Gasteiger partial charge in [-0.2, -0.15) is 0 Å². The molecule has 6 nitrogen and oxygen atoms in total. The molecule has 1 aliphatic heterocycles. The maximum absolute atomic E-state index is 14.6. The van der Waals surface area contributed by atoms with Crippen molar-refractivity contribution in [1.82, 2.24) is 14.8 Å². The summed E-state index contributed by atoms with van der Waals surface area (Å²) in [6.45, 7) is 3.31. The van der Waals surface area contributed by atoms with Crippen LogP contribution >= 0.6 is 0 Å². The van der Waals surface area contributed by atoms with Gasteiger partial charge in [-0.25, -0.2) is 4.39 Å². The molecule has 7 heteroatoms. The number of pyridine rings is 1. The van der Waals surface area contributed by atoms with E-state index < -0.39 is 12.0 Å². The summed E-state index contributed by atoms with van der Waals surface area (Å²) in [4.78, 5) is 20.3. The molecular weight excluding hydrogens is 409 g/mol. The number of carboxylic acid groups (broad SMARTS) is 1. The van der Waals surface area contributed by atoms with Gasteiger partial charge in [0.25, 0.3) is 0 Å². The quantitative estimate of drug-likeness (QED) is 0.581. The van der Waals surface area contributed by atoms with Gasteiger partial charge in [-0.1, -0.05) is 30.3 Å². The minimum absolute atomic E-state index is 0.340. The number of fused-ring (bicyclic) bond motifs is 1. The van der Waals surface area contributed by atoms with Gasteiger partial charge in [0.1, 0.15) is 17.6 Å². The molecule has 2 aromatic carbocycles. The normalized spacial score (nSPS) is 17.5. The molecule has 0 spiro atoms. The lowest BCUT2D eigenvalue weighted by Gasteiger charge is -2.39. The zero-order chi connectivity index (χ0) is 22.5. The minimum Gasteiger partial charge on any atom is -0.497 e. The van der Waals surface area contributed by atoms with E-state index in [-0.39, 0.29) is 5.82 Å². The Morgan fingerprint density at radius 1 is 1.22 bits per heavy atom. The van der Waals surface area contributed by atoms with E-state index in [1.54, 1.807) is 7.11 Å². The number of aryl methyl sites for hydroxylation is 1. The first-order chi connectivity index (χ1) is 15.5. The van der Waals surface area contributed by atoms with Crippen molar-refractivity contribution >= 4 is 16.9 Å². The van der Waals surface area contributed by atoms with Gasteiger partial charge in [-0.05, 0) is 48.7 Å². The number of rotatable bonds is 8. The fraction of sp³-hybridized carbons (Fsp3) is 0.360. The Bertz CT molecular complexity index is 1080. The molecule has 1 atom stereocenters. The number of benzene rings is 2. The van der Waals surface area contributed by atoms with Crippen molar-refractivity contribution in [2.24, 2.45) is 0 Å². The molecule has 0 unspecified atom stereocenters. The molecule has 1 fully saturated rings. The molecule has 1 N–H and O–H groups in total. The van der Waals surface area contributed by atoms with E-state index in [4.69, 9.17) is 4.74 Å². The molecule has 3 aromatic rings. The lowest BCUT2D eigenvalue weighted by molar-refractivity contribution is -0.146. The van der Waals surface area contributed by atoms with Crippen molar-refractivity contribution < 1.29 is 19.0 Å². The maximum Gasteiger partial charge on any atom is 0.322 e. The van der Waals surface area contributed by atoms with Crippen LogP contribution in [0, 0.1) is 5.82 Å². The highest BCUT2D eigenvalue weighted by molar-refractivity contribution is 5.83. The second-order valence-corrected chi connectivity index (χ2v) is 8.18. The topological polar surface area (TPSA) is 65.9 Å². The number of ether oxygens (including phenoxy) is 1. The monoisotopic (exact) mass is 437 g/mol. The average Bonchev–Trinajstić information content (AvgIpc) is 2.81. The second kappa shape index (κ2) is 10.1. The minimum atomic E-state index is -0.812. The van der Waals surface area contributed by atoms with Crippen molar-refractivity contribution in [2.75, 3.05) is 33.3 Å².